The topological polar surface area (TPSA) is 12.0 Å². The molecule has 0 aliphatic heterocycles. The van der Waals surface area contributed by atoms with E-state index in [0.717, 1.165) is 28.4 Å². The van der Waals surface area contributed by atoms with Gasteiger partial charge in [0.05, 0.1) is 25.3 Å². The minimum atomic E-state index is -4.86. The summed E-state index contributed by atoms with van der Waals surface area (Å²) in [5, 5.41) is 0.270. The molecule has 0 saturated carbocycles. The Hall–Kier alpha value is -2.72. The van der Waals surface area contributed by atoms with E-state index in [1.54, 1.807) is 0 Å². The molecule has 0 N–H and O–H groups in total. The normalized spacial score (nSPS) is 11.7. The van der Waals surface area contributed by atoms with Crippen molar-refractivity contribution in [3.63, 3.8) is 0 Å². The Morgan fingerprint density at radius 3 is 2.15 bits per heavy atom. The molecule has 1 aromatic heterocycles. The van der Waals surface area contributed by atoms with Crippen LogP contribution in [0.4, 0.5) is 42.7 Å². The van der Waals surface area contributed by atoms with E-state index in [1.165, 1.54) is 12.1 Å². The summed E-state index contributed by atoms with van der Waals surface area (Å²) in [4.78, 5) is 7.07. The second kappa shape index (κ2) is 7.26. The Morgan fingerprint density at radius 2 is 1.65 bits per heavy atom. The fraction of sp³-hybridized carbons (Fsp3) is 0.250. The summed E-state index contributed by atoms with van der Waals surface area (Å²) in [6.45, 7) is 11.9. The molecular formula is C16H9F6N3S. The summed E-state index contributed by atoms with van der Waals surface area (Å²) in [5.74, 6) is 0. The average Bonchev–Trinajstić information content (AvgIpc) is 2.99. The zero-order valence-electron chi connectivity index (χ0n) is 12.8. The Kier molecular flexibility index (Phi) is 5.47. The van der Waals surface area contributed by atoms with E-state index in [1.807, 2.05) is 0 Å². The highest BCUT2D eigenvalue weighted by Crippen LogP contribution is 2.39. The molecule has 0 saturated heterocycles. The zero-order valence-corrected chi connectivity index (χ0v) is 13.6. The van der Waals surface area contributed by atoms with Crippen LogP contribution in [0.3, 0.4) is 0 Å². The lowest BCUT2D eigenvalue weighted by Gasteiger charge is -2.26. The molecule has 0 aliphatic carbocycles. The predicted molar refractivity (Wildman–Crippen MR) is 85.4 cm³/mol. The van der Waals surface area contributed by atoms with Gasteiger partial charge in [0.2, 0.25) is 5.00 Å². The van der Waals surface area contributed by atoms with Gasteiger partial charge in [0.25, 0.3) is 0 Å². The van der Waals surface area contributed by atoms with Gasteiger partial charge in [-0.1, -0.05) is 12.1 Å². The SMILES string of the molecule is [C-]#[N+]c1ccc(CN(CC(F)(F)F)c2ccc([N+]#[C-])c(C(F)(F)F)c2)s1. The first kappa shape index (κ1) is 19.6. The standard InChI is InChI=1S/C16H9F6N3S/c1-23-13-5-3-10(7-12(13)16(20,21)22)25(9-15(17,18)19)8-11-4-6-14(24-2)26-11/h3-7H,8-9H2. The third kappa shape index (κ3) is 4.90. The van der Waals surface area contributed by atoms with Gasteiger partial charge >= 0.3 is 12.4 Å². The maximum atomic E-state index is 13.1. The molecular weight excluding hydrogens is 380 g/mol. The molecule has 1 heterocycles. The molecule has 0 fully saturated rings. The lowest BCUT2D eigenvalue weighted by molar-refractivity contribution is -0.136. The molecule has 0 aliphatic rings. The van der Waals surface area contributed by atoms with E-state index < -0.39 is 30.1 Å². The van der Waals surface area contributed by atoms with Crippen LogP contribution >= 0.6 is 11.3 Å². The van der Waals surface area contributed by atoms with Gasteiger partial charge < -0.3 is 4.90 Å². The fourth-order valence-electron chi connectivity index (χ4n) is 2.20. The summed E-state index contributed by atoms with van der Waals surface area (Å²) in [6, 6.07) is 5.34. The number of alkyl halides is 6. The first-order chi connectivity index (χ1) is 12.0. The summed E-state index contributed by atoms with van der Waals surface area (Å²) in [5.41, 5.74) is -2.27. The van der Waals surface area contributed by atoms with Crippen molar-refractivity contribution >= 4 is 27.7 Å². The van der Waals surface area contributed by atoms with E-state index in [-0.39, 0.29) is 17.2 Å². The van der Waals surface area contributed by atoms with Crippen molar-refractivity contribution in [2.75, 3.05) is 11.4 Å². The largest absolute Gasteiger partial charge is 0.407 e. The van der Waals surface area contributed by atoms with Crippen LogP contribution in [0.25, 0.3) is 9.69 Å². The minimum absolute atomic E-state index is 0.270. The molecule has 0 atom stereocenters. The van der Waals surface area contributed by atoms with Gasteiger partial charge in [0, 0.05) is 10.6 Å². The molecule has 0 radical (unpaired) electrons. The Bertz CT molecular complexity index is 870. The van der Waals surface area contributed by atoms with Gasteiger partial charge in [-0.15, -0.1) is 0 Å². The van der Waals surface area contributed by atoms with Gasteiger partial charge in [-0.3, -0.25) is 0 Å². The lowest BCUT2D eigenvalue weighted by Crippen LogP contribution is -2.33. The van der Waals surface area contributed by atoms with Crippen LogP contribution in [0.2, 0.25) is 0 Å². The molecule has 0 spiro atoms. The van der Waals surface area contributed by atoms with Crippen LogP contribution in [0.5, 0.6) is 0 Å². The quantitative estimate of drug-likeness (QED) is 0.433. The van der Waals surface area contributed by atoms with Crippen molar-refractivity contribution in [2.24, 2.45) is 0 Å². The van der Waals surface area contributed by atoms with Crippen LogP contribution in [0, 0.1) is 13.1 Å². The highest BCUT2D eigenvalue weighted by Gasteiger charge is 2.35. The molecule has 2 rings (SSSR count). The van der Waals surface area contributed by atoms with Crippen LogP contribution < -0.4 is 4.90 Å². The second-order valence-corrected chi connectivity index (χ2v) is 6.28. The van der Waals surface area contributed by atoms with Gasteiger partial charge in [-0.25, -0.2) is 9.69 Å². The summed E-state index contributed by atoms with van der Waals surface area (Å²) < 4.78 is 77.9. The molecule has 0 amide bonds. The Balaban J connectivity index is 2.45. The van der Waals surface area contributed by atoms with Crippen molar-refractivity contribution in [2.45, 2.75) is 18.9 Å². The van der Waals surface area contributed by atoms with Gasteiger partial charge in [0.1, 0.15) is 6.54 Å². The second-order valence-electron chi connectivity index (χ2n) is 5.13. The van der Waals surface area contributed by atoms with Crippen molar-refractivity contribution < 1.29 is 26.3 Å². The molecule has 26 heavy (non-hydrogen) atoms. The molecule has 0 bridgehead atoms. The van der Waals surface area contributed by atoms with Crippen molar-refractivity contribution in [3.8, 4) is 0 Å². The third-order valence-corrected chi connectivity index (χ3v) is 4.21. The van der Waals surface area contributed by atoms with Crippen LogP contribution in [0.1, 0.15) is 10.4 Å². The molecule has 2 aromatic rings. The number of hydrogen-bond acceptors (Lipinski definition) is 2. The maximum Gasteiger partial charge on any atom is 0.407 e. The molecule has 10 heteroatoms. The highest BCUT2D eigenvalue weighted by molar-refractivity contribution is 7.16. The highest BCUT2D eigenvalue weighted by atomic mass is 32.1. The molecule has 0 unspecified atom stereocenters. The lowest BCUT2D eigenvalue weighted by atomic mass is 10.1. The Morgan fingerprint density at radius 1 is 0.962 bits per heavy atom. The zero-order chi connectivity index (χ0) is 19.5. The van der Waals surface area contributed by atoms with E-state index >= 15 is 0 Å². The number of rotatable bonds is 4. The Labute approximate surface area is 148 Å². The van der Waals surface area contributed by atoms with Crippen molar-refractivity contribution in [1.29, 1.82) is 0 Å². The van der Waals surface area contributed by atoms with Crippen LogP contribution in [0.15, 0.2) is 30.3 Å². The number of anilines is 1. The number of halogens is 6. The number of nitrogens with zero attached hydrogens (tertiary/aromatic N) is 3. The van der Waals surface area contributed by atoms with Crippen molar-refractivity contribution in [3.05, 3.63) is 63.6 Å². The van der Waals surface area contributed by atoms with Gasteiger partial charge in [-0.2, -0.15) is 37.7 Å². The number of hydrogen-bond donors (Lipinski definition) is 0. The first-order valence-corrected chi connectivity index (χ1v) is 7.71. The summed E-state index contributed by atoms with van der Waals surface area (Å²) in [7, 11) is 0. The van der Waals surface area contributed by atoms with E-state index in [2.05, 4.69) is 9.69 Å². The smallest absolute Gasteiger partial charge is 0.357 e. The van der Waals surface area contributed by atoms with Crippen LogP contribution in [-0.4, -0.2) is 12.7 Å². The maximum absolute atomic E-state index is 13.1. The minimum Gasteiger partial charge on any atom is -0.357 e. The third-order valence-electron chi connectivity index (χ3n) is 3.25. The summed E-state index contributed by atoms with van der Waals surface area (Å²) in [6.07, 6.45) is -9.50. The van der Waals surface area contributed by atoms with Crippen LogP contribution in [-0.2, 0) is 12.7 Å². The number of thiophene rings is 1. The molecule has 3 nitrogen and oxygen atoms in total. The molecule has 136 valence electrons. The fourth-order valence-corrected chi connectivity index (χ4v) is 3.01. The van der Waals surface area contributed by atoms with E-state index in [9.17, 15) is 26.3 Å². The van der Waals surface area contributed by atoms with Gasteiger partial charge in [0.15, 0.2) is 5.69 Å². The van der Waals surface area contributed by atoms with Gasteiger partial charge in [-0.05, 0) is 18.2 Å². The van der Waals surface area contributed by atoms with E-state index in [4.69, 9.17) is 13.1 Å². The monoisotopic (exact) mass is 389 g/mol. The van der Waals surface area contributed by atoms with Crippen molar-refractivity contribution in [1.82, 2.24) is 0 Å². The summed E-state index contributed by atoms with van der Waals surface area (Å²) >= 11 is 0.965. The number of benzene rings is 1. The van der Waals surface area contributed by atoms with E-state index in [0.29, 0.717) is 10.9 Å². The predicted octanol–water partition coefficient (Wildman–Crippen LogP) is 6.44. The molecule has 1 aromatic carbocycles. The average molecular weight is 389 g/mol. The first-order valence-electron chi connectivity index (χ1n) is 6.90.